The van der Waals surface area contributed by atoms with E-state index in [1.165, 1.54) is 6.07 Å². The summed E-state index contributed by atoms with van der Waals surface area (Å²) in [4.78, 5) is 26.6. The Hall–Kier alpha value is -1.62. The third-order valence-corrected chi connectivity index (χ3v) is 4.18. The molecule has 0 saturated carbocycles. The number of hydrogen-bond acceptors (Lipinski definition) is 4. The molecule has 1 unspecified atom stereocenters. The van der Waals surface area contributed by atoms with Gasteiger partial charge in [0, 0.05) is 24.8 Å². The van der Waals surface area contributed by atoms with Crippen molar-refractivity contribution in [3.63, 3.8) is 0 Å². The van der Waals surface area contributed by atoms with Crippen LogP contribution in [0.25, 0.3) is 0 Å². The van der Waals surface area contributed by atoms with Gasteiger partial charge in [-0.1, -0.05) is 0 Å². The van der Waals surface area contributed by atoms with Gasteiger partial charge in [0.25, 0.3) is 5.56 Å². The Balaban J connectivity index is 2.35. The lowest BCUT2D eigenvalue weighted by Crippen LogP contribution is -2.29. The largest absolute Gasteiger partial charge is 0.462 e. The molecule has 0 aliphatic carbocycles. The maximum absolute atomic E-state index is 12.3. The van der Waals surface area contributed by atoms with Crippen molar-refractivity contribution in [2.75, 3.05) is 26.7 Å². The molecular weight excluding hydrogens is 268 g/mol. The summed E-state index contributed by atoms with van der Waals surface area (Å²) in [6, 6.07) is 1.54. The van der Waals surface area contributed by atoms with E-state index < -0.39 is 0 Å². The summed E-state index contributed by atoms with van der Waals surface area (Å²) >= 11 is 0. The second kappa shape index (κ2) is 6.43. The van der Waals surface area contributed by atoms with Gasteiger partial charge in [0.05, 0.1) is 12.2 Å². The average Bonchev–Trinajstić information content (AvgIpc) is 2.80. The van der Waals surface area contributed by atoms with Crippen LogP contribution >= 0.6 is 0 Å². The van der Waals surface area contributed by atoms with Crippen molar-refractivity contribution < 1.29 is 9.53 Å². The number of hydrogen-bond donors (Lipinski definition) is 0. The van der Waals surface area contributed by atoms with E-state index in [9.17, 15) is 9.59 Å². The molecule has 0 spiro atoms. The summed E-state index contributed by atoms with van der Waals surface area (Å²) in [6.07, 6.45) is 1.09. The third-order valence-electron chi connectivity index (χ3n) is 4.18. The molecule has 21 heavy (non-hydrogen) atoms. The van der Waals surface area contributed by atoms with Gasteiger partial charge in [0.1, 0.15) is 0 Å². The maximum atomic E-state index is 12.3. The number of ether oxygens (including phenoxy) is 1. The number of aryl methyl sites for hydroxylation is 1. The molecule has 1 aromatic rings. The van der Waals surface area contributed by atoms with Crippen molar-refractivity contribution in [3.8, 4) is 0 Å². The Bertz CT molecular complexity index is 592. The van der Waals surface area contributed by atoms with E-state index in [2.05, 4.69) is 11.9 Å². The predicted octanol–water partition coefficient (Wildman–Crippen LogP) is 1.59. The number of pyridine rings is 1. The molecule has 1 fully saturated rings. The quantitative estimate of drug-likeness (QED) is 0.791. The van der Waals surface area contributed by atoms with Crippen LogP contribution in [0.3, 0.4) is 0 Å². The normalized spacial score (nSPS) is 19.0. The van der Waals surface area contributed by atoms with Crippen molar-refractivity contribution >= 4 is 5.97 Å². The highest BCUT2D eigenvalue weighted by molar-refractivity contribution is 5.92. The zero-order chi connectivity index (χ0) is 15.6. The number of likely N-dealkylation sites (tertiary alicyclic amines) is 1. The zero-order valence-electron chi connectivity index (χ0n) is 13.3. The molecule has 2 rings (SSSR count). The van der Waals surface area contributed by atoms with Crippen LogP contribution in [0.2, 0.25) is 0 Å². The molecule has 2 heterocycles. The molecule has 0 N–H and O–H groups in total. The molecule has 5 nitrogen and oxygen atoms in total. The Kier molecular flexibility index (Phi) is 4.83. The Morgan fingerprint density at radius 2 is 2.14 bits per heavy atom. The van der Waals surface area contributed by atoms with Crippen molar-refractivity contribution in [1.82, 2.24) is 9.47 Å². The number of aromatic nitrogens is 1. The minimum absolute atomic E-state index is 0.0346. The van der Waals surface area contributed by atoms with E-state index >= 15 is 0 Å². The first-order valence-corrected chi connectivity index (χ1v) is 7.50. The van der Waals surface area contributed by atoms with Gasteiger partial charge in [0.15, 0.2) is 0 Å². The van der Waals surface area contributed by atoms with Gasteiger partial charge >= 0.3 is 5.97 Å². The lowest BCUT2D eigenvalue weighted by atomic mass is 10.1. The molecule has 1 atom stereocenters. The summed E-state index contributed by atoms with van der Waals surface area (Å²) in [5, 5.41) is 0. The maximum Gasteiger partial charge on any atom is 0.340 e. The van der Waals surface area contributed by atoms with E-state index in [1.807, 2.05) is 6.92 Å². The van der Waals surface area contributed by atoms with Gasteiger partial charge in [-0.15, -0.1) is 0 Å². The number of carbonyl (C=O) groups is 1. The van der Waals surface area contributed by atoms with Crippen LogP contribution in [0.5, 0.6) is 0 Å². The van der Waals surface area contributed by atoms with Crippen LogP contribution < -0.4 is 5.56 Å². The Morgan fingerprint density at radius 1 is 1.43 bits per heavy atom. The van der Waals surface area contributed by atoms with Gasteiger partial charge in [-0.2, -0.15) is 0 Å². The second-order valence-electron chi connectivity index (χ2n) is 5.87. The SMILES string of the molecule is CCOC(=O)c1c(C)cc(=O)n(CC2CCN(C)C2)c1C. The average molecular weight is 292 g/mol. The van der Waals surface area contributed by atoms with Crippen LogP contribution in [0.15, 0.2) is 10.9 Å². The summed E-state index contributed by atoms with van der Waals surface area (Å²) in [5.74, 6) is 0.119. The standard InChI is InChI=1S/C16H24N2O3/c1-5-21-16(20)15-11(2)8-14(19)18(12(15)3)10-13-6-7-17(4)9-13/h8,13H,5-7,9-10H2,1-4H3. The molecule has 1 aromatic heterocycles. The molecule has 116 valence electrons. The van der Waals surface area contributed by atoms with Crippen LogP contribution in [0, 0.1) is 19.8 Å². The summed E-state index contributed by atoms with van der Waals surface area (Å²) in [5.41, 5.74) is 1.90. The highest BCUT2D eigenvalue weighted by atomic mass is 16.5. The molecule has 5 heteroatoms. The lowest BCUT2D eigenvalue weighted by Gasteiger charge is -2.18. The fourth-order valence-corrected chi connectivity index (χ4v) is 3.09. The van der Waals surface area contributed by atoms with E-state index in [0.29, 0.717) is 35.9 Å². The number of esters is 1. The van der Waals surface area contributed by atoms with Crippen molar-refractivity contribution in [2.24, 2.45) is 5.92 Å². The number of nitrogens with zero attached hydrogens (tertiary/aromatic N) is 2. The van der Waals surface area contributed by atoms with Crippen molar-refractivity contribution in [1.29, 1.82) is 0 Å². The number of rotatable bonds is 4. The molecular formula is C16H24N2O3. The molecule has 1 aliphatic heterocycles. The Labute approximate surface area is 125 Å². The van der Waals surface area contributed by atoms with E-state index in [0.717, 1.165) is 19.5 Å². The van der Waals surface area contributed by atoms with Crippen LogP contribution in [-0.2, 0) is 11.3 Å². The van der Waals surface area contributed by atoms with Gasteiger partial charge in [-0.05, 0) is 52.3 Å². The smallest absolute Gasteiger partial charge is 0.340 e. The van der Waals surface area contributed by atoms with Crippen LogP contribution in [0.4, 0.5) is 0 Å². The fourth-order valence-electron chi connectivity index (χ4n) is 3.09. The number of carbonyl (C=O) groups excluding carboxylic acids is 1. The van der Waals surface area contributed by atoms with Crippen LogP contribution in [-0.4, -0.2) is 42.2 Å². The first kappa shape index (κ1) is 15.8. The molecule has 0 aromatic carbocycles. The fraction of sp³-hybridized carbons (Fsp3) is 0.625. The summed E-state index contributed by atoms with van der Waals surface area (Å²) < 4.78 is 6.83. The molecule has 0 amide bonds. The monoisotopic (exact) mass is 292 g/mol. The van der Waals surface area contributed by atoms with Gasteiger partial charge in [-0.25, -0.2) is 4.79 Å². The van der Waals surface area contributed by atoms with Gasteiger partial charge in [0.2, 0.25) is 0 Å². The molecule has 0 radical (unpaired) electrons. The minimum Gasteiger partial charge on any atom is -0.462 e. The third kappa shape index (κ3) is 3.35. The Morgan fingerprint density at radius 3 is 2.71 bits per heavy atom. The van der Waals surface area contributed by atoms with Gasteiger partial charge < -0.3 is 14.2 Å². The zero-order valence-corrected chi connectivity index (χ0v) is 13.3. The van der Waals surface area contributed by atoms with Gasteiger partial charge in [-0.3, -0.25) is 4.79 Å². The van der Waals surface area contributed by atoms with Crippen LogP contribution in [0.1, 0.15) is 35.0 Å². The first-order valence-electron chi connectivity index (χ1n) is 7.50. The second-order valence-corrected chi connectivity index (χ2v) is 5.87. The highest BCUT2D eigenvalue weighted by Crippen LogP contribution is 2.19. The molecule has 0 bridgehead atoms. The van der Waals surface area contributed by atoms with E-state index in [-0.39, 0.29) is 11.5 Å². The van der Waals surface area contributed by atoms with E-state index in [1.54, 1.807) is 18.4 Å². The summed E-state index contributed by atoms with van der Waals surface area (Å²) in [6.45, 7) is 8.47. The summed E-state index contributed by atoms with van der Waals surface area (Å²) in [7, 11) is 2.09. The van der Waals surface area contributed by atoms with Crippen molar-refractivity contribution in [2.45, 2.75) is 33.7 Å². The predicted molar refractivity (Wildman–Crippen MR) is 81.7 cm³/mol. The van der Waals surface area contributed by atoms with E-state index in [4.69, 9.17) is 4.74 Å². The topological polar surface area (TPSA) is 51.5 Å². The molecule has 1 saturated heterocycles. The molecule has 1 aliphatic rings. The first-order chi connectivity index (χ1) is 9.93. The minimum atomic E-state index is -0.343. The highest BCUT2D eigenvalue weighted by Gasteiger charge is 2.23. The van der Waals surface area contributed by atoms with Crippen molar-refractivity contribution in [3.05, 3.63) is 33.2 Å². The lowest BCUT2D eigenvalue weighted by molar-refractivity contribution is 0.0523.